The molecule has 156 valence electrons. The van der Waals surface area contributed by atoms with Gasteiger partial charge in [0.15, 0.2) is 5.96 Å². The highest BCUT2D eigenvalue weighted by Crippen LogP contribution is 2.27. The van der Waals surface area contributed by atoms with Gasteiger partial charge in [0, 0.05) is 30.6 Å². The van der Waals surface area contributed by atoms with Gasteiger partial charge in [0.1, 0.15) is 17.2 Å². The van der Waals surface area contributed by atoms with E-state index < -0.39 is 0 Å². The van der Waals surface area contributed by atoms with E-state index in [-0.39, 0.29) is 11.9 Å². The fourth-order valence-corrected chi connectivity index (χ4v) is 3.75. The number of benzene rings is 2. The van der Waals surface area contributed by atoms with Crippen molar-refractivity contribution in [2.45, 2.75) is 25.8 Å². The highest BCUT2D eigenvalue weighted by atomic mass is 16.5. The Morgan fingerprint density at radius 2 is 1.80 bits per heavy atom. The quantitative estimate of drug-likeness (QED) is 0.443. The number of rotatable bonds is 5. The molecule has 0 atom stereocenters. The number of aromatic nitrogens is 1. The summed E-state index contributed by atoms with van der Waals surface area (Å²) in [5.74, 6) is 0.805. The number of nitrogens with one attached hydrogen (secondary N) is 2. The molecule has 1 amide bonds. The van der Waals surface area contributed by atoms with Crippen LogP contribution in [-0.2, 0) is 6.54 Å². The zero-order chi connectivity index (χ0) is 21.1. The molecule has 4 rings (SSSR count). The minimum absolute atomic E-state index is 0.300. The Hall–Kier alpha value is -3.32. The van der Waals surface area contributed by atoms with E-state index in [4.69, 9.17) is 15.9 Å². The molecule has 0 aliphatic carbocycles. The summed E-state index contributed by atoms with van der Waals surface area (Å²) in [6.45, 7) is 3.35. The van der Waals surface area contributed by atoms with Crippen LogP contribution >= 0.6 is 0 Å². The predicted octanol–water partition coefficient (Wildman–Crippen LogP) is 3.91. The van der Waals surface area contributed by atoms with Crippen LogP contribution in [0.5, 0.6) is 11.5 Å². The first-order chi connectivity index (χ1) is 14.5. The normalized spacial score (nSPS) is 14.6. The van der Waals surface area contributed by atoms with Gasteiger partial charge in [-0.2, -0.15) is 0 Å². The fraction of sp³-hybridized carbons (Fsp3) is 0.304. The number of carbonyl (C=O) groups is 1. The molecule has 30 heavy (non-hydrogen) atoms. The number of guanidine groups is 1. The van der Waals surface area contributed by atoms with Crippen molar-refractivity contribution in [1.29, 1.82) is 5.41 Å². The average Bonchev–Trinajstić information content (AvgIpc) is 3.18. The number of carbonyl (C=O) groups excluding carboxylic acids is 1. The van der Waals surface area contributed by atoms with Crippen LogP contribution in [0.4, 0.5) is 0 Å². The maximum atomic E-state index is 12.3. The van der Waals surface area contributed by atoms with Gasteiger partial charge in [0.2, 0.25) is 0 Å². The molecule has 0 bridgehead atoms. The molecule has 2 heterocycles. The molecular formula is C23H27N5O2. The number of hydrogen-bond acceptors (Lipinski definition) is 4. The summed E-state index contributed by atoms with van der Waals surface area (Å²) in [5, 5.41) is 8.30. The number of nitrogens with two attached hydrogens (primary N) is 1. The summed E-state index contributed by atoms with van der Waals surface area (Å²) in [6, 6.07) is 15.6. The minimum atomic E-state index is -0.356. The molecule has 7 heteroatoms. The molecule has 0 saturated carbocycles. The first-order valence-corrected chi connectivity index (χ1v) is 10.2. The first-order valence-electron chi connectivity index (χ1n) is 10.2. The number of fused-ring (bicyclic) bond motifs is 1. The standard InChI is InChI=1S/C23H27N5O2/c1-27(23(24)25)22(29)21-13-17-7-10-19(14-20(17)26-21)30-18-8-5-16(6-9-18)15-28-11-3-2-4-12-28/h5-10,13-14,26H,2-4,11-12,15H2,1H3,(H3,24,25). The van der Waals surface area contributed by atoms with Crippen LogP contribution in [0, 0.1) is 5.41 Å². The Labute approximate surface area is 175 Å². The molecule has 2 aromatic carbocycles. The van der Waals surface area contributed by atoms with Gasteiger partial charge in [-0.25, -0.2) is 0 Å². The lowest BCUT2D eigenvalue weighted by Crippen LogP contribution is -2.38. The van der Waals surface area contributed by atoms with Gasteiger partial charge in [-0.05, 0) is 61.8 Å². The number of likely N-dealkylation sites (tertiary alicyclic amines) is 1. The van der Waals surface area contributed by atoms with Crippen molar-refractivity contribution >= 4 is 22.8 Å². The summed E-state index contributed by atoms with van der Waals surface area (Å²) < 4.78 is 6.00. The molecule has 4 N–H and O–H groups in total. The largest absolute Gasteiger partial charge is 0.457 e. The van der Waals surface area contributed by atoms with E-state index in [1.54, 1.807) is 6.07 Å². The first kappa shape index (κ1) is 20.0. The van der Waals surface area contributed by atoms with Gasteiger partial charge in [-0.1, -0.05) is 18.6 Å². The lowest BCUT2D eigenvalue weighted by Gasteiger charge is -2.26. The van der Waals surface area contributed by atoms with E-state index >= 15 is 0 Å². The summed E-state index contributed by atoms with van der Waals surface area (Å²) in [5.41, 5.74) is 7.85. The lowest BCUT2D eigenvalue weighted by molar-refractivity contribution is 0.0864. The van der Waals surface area contributed by atoms with E-state index in [0.29, 0.717) is 11.4 Å². The Bertz CT molecular complexity index is 1050. The topological polar surface area (TPSA) is 98.4 Å². The highest BCUT2D eigenvalue weighted by molar-refractivity contribution is 6.05. The third kappa shape index (κ3) is 4.46. The highest BCUT2D eigenvalue weighted by Gasteiger charge is 2.16. The molecule has 1 aliphatic rings. The Kier molecular flexibility index (Phi) is 5.72. The van der Waals surface area contributed by atoms with E-state index in [0.717, 1.165) is 28.1 Å². The molecule has 0 spiro atoms. The van der Waals surface area contributed by atoms with Crippen molar-refractivity contribution in [3.63, 3.8) is 0 Å². The molecule has 1 fully saturated rings. The molecule has 3 aromatic rings. The second kappa shape index (κ2) is 8.59. The van der Waals surface area contributed by atoms with Crippen LogP contribution in [0.1, 0.15) is 35.3 Å². The van der Waals surface area contributed by atoms with Crippen molar-refractivity contribution in [1.82, 2.24) is 14.8 Å². The summed E-state index contributed by atoms with van der Waals surface area (Å²) >= 11 is 0. The van der Waals surface area contributed by atoms with E-state index in [2.05, 4.69) is 22.0 Å². The van der Waals surface area contributed by atoms with E-state index in [1.165, 1.54) is 45.0 Å². The number of ether oxygens (including phenoxy) is 1. The van der Waals surface area contributed by atoms with Crippen molar-refractivity contribution < 1.29 is 9.53 Å². The molecular weight excluding hydrogens is 378 g/mol. The van der Waals surface area contributed by atoms with Gasteiger partial charge >= 0.3 is 0 Å². The Morgan fingerprint density at radius 1 is 1.10 bits per heavy atom. The zero-order valence-corrected chi connectivity index (χ0v) is 17.1. The SMILES string of the molecule is CN(C(=N)N)C(=O)c1cc2ccc(Oc3ccc(CN4CCCCC4)cc3)cc2[nH]1. The second-order valence-corrected chi connectivity index (χ2v) is 7.76. The molecule has 7 nitrogen and oxygen atoms in total. The molecule has 0 unspecified atom stereocenters. The smallest absolute Gasteiger partial charge is 0.276 e. The maximum absolute atomic E-state index is 12.3. The van der Waals surface area contributed by atoms with Gasteiger partial charge in [0.25, 0.3) is 5.91 Å². The monoisotopic (exact) mass is 405 g/mol. The number of nitrogens with zero attached hydrogens (tertiary/aromatic N) is 2. The van der Waals surface area contributed by atoms with Gasteiger partial charge in [0.05, 0.1) is 0 Å². The Balaban J connectivity index is 1.44. The molecule has 1 aromatic heterocycles. The fourth-order valence-electron chi connectivity index (χ4n) is 3.75. The number of hydrogen-bond donors (Lipinski definition) is 3. The number of H-pyrrole nitrogens is 1. The molecule has 1 saturated heterocycles. The van der Waals surface area contributed by atoms with Crippen LogP contribution in [0.3, 0.4) is 0 Å². The van der Waals surface area contributed by atoms with E-state index in [9.17, 15) is 4.79 Å². The van der Waals surface area contributed by atoms with Crippen molar-refractivity contribution in [3.05, 3.63) is 59.8 Å². The van der Waals surface area contributed by atoms with Crippen LogP contribution in [0.2, 0.25) is 0 Å². The number of piperidine rings is 1. The van der Waals surface area contributed by atoms with Crippen LogP contribution in [0.15, 0.2) is 48.5 Å². The Morgan fingerprint density at radius 3 is 2.50 bits per heavy atom. The van der Waals surface area contributed by atoms with Crippen LogP contribution in [-0.4, -0.2) is 46.8 Å². The summed E-state index contributed by atoms with van der Waals surface area (Å²) in [4.78, 5) is 19.0. The summed E-state index contributed by atoms with van der Waals surface area (Å²) in [6.07, 6.45) is 3.93. The zero-order valence-electron chi connectivity index (χ0n) is 17.1. The lowest BCUT2D eigenvalue weighted by atomic mass is 10.1. The van der Waals surface area contributed by atoms with Crippen LogP contribution in [0.25, 0.3) is 10.9 Å². The third-order valence-corrected chi connectivity index (χ3v) is 5.50. The second-order valence-electron chi connectivity index (χ2n) is 7.76. The van der Waals surface area contributed by atoms with Crippen molar-refractivity contribution in [3.8, 4) is 11.5 Å². The summed E-state index contributed by atoms with van der Waals surface area (Å²) in [7, 11) is 1.47. The van der Waals surface area contributed by atoms with Crippen molar-refractivity contribution in [2.75, 3.05) is 20.1 Å². The predicted molar refractivity (Wildman–Crippen MR) is 118 cm³/mol. The minimum Gasteiger partial charge on any atom is -0.457 e. The molecule has 1 aliphatic heterocycles. The van der Waals surface area contributed by atoms with E-state index in [1.807, 2.05) is 30.3 Å². The van der Waals surface area contributed by atoms with Gasteiger partial charge in [-0.15, -0.1) is 0 Å². The maximum Gasteiger partial charge on any atom is 0.276 e. The third-order valence-electron chi connectivity index (χ3n) is 5.50. The van der Waals surface area contributed by atoms with Gasteiger partial charge < -0.3 is 15.5 Å². The molecule has 0 radical (unpaired) electrons. The van der Waals surface area contributed by atoms with Crippen molar-refractivity contribution in [2.24, 2.45) is 5.73 Å². The number of aromatic amines is 1. The van der Waals surface area contributed by atoms with Crippen LogP contribution < -0.4 is 10.5 Å². The average molecular weight is 406 g/mol. The van der Waals surface area contributed by atoms with Gasteiger partial charge in [-0.3, -0.25) is 20.0 Å². The number of amides is 1.